The lowest BCUT2D eigenvalue weighted by Crippen LogP contribution is -2.41. The number of nitrogens with zero attached hydrogens (tertiary/aromatic N) is 1. The van der Waals surface area contributed by atoms with Gasteiger partial charge in [0.1, 0.15) is 0 Å². The zero-order valence-corrected chi connectivity index (χ0v) is 12.4. The van der Waals surface area contributed by atoms with Gasteiger partial charge in [0.25, 0.3) is 0 Å². The Balaban J connectivity index is 2.38. The molecule has 5 heteroatoms. The first kappa shape index (κ1) is 16.0. The Labute approximate surface area is 115 Å². The highest BCUT2D eigenvalue weighted by molar-refractivity contribution is 5.80. The topological polar surface area (TPSA) is 69.6 Å². The molecule has 2 N–H and O–H groups in total. The van der Waals surface area contributed by atoms with Gasteiger partial charge in [-0.3, -0.25) is 9.59 Å². The molecule has 2 atom stereocenters. The lowest BCUT2D eigenvalue weighted by atomic mass is 9.92. The van der Waals surface area contributed by atoms with Crippen LogP contribution in [0.1, 0.15) is 33.1 Å². The molecule has 1 aliphatic carbocycles. The minimum absolute atomic E-state index is 0.00980. The molecule has 1 fully saturated rings. The fourth-order valence-electron chi connectivity index (χ4n) is 2.83. The zero-order chi connectivity index (χ0) is 14.6. The van der Waals surface area contributed by atoms with Crippen molar-refractivity contribution in [2.24, 2.45) is 17.3 Å². The number of rotatable bonds is 6. The normalized spacial score (nSPS) is 23.6. The Morgan fingerprint density at radius 3 is 2.32 bits per heavy atom. The first-order chi connectivity index (χ1) is 8.71. The van der Waals surface area contributed by atoms with Crippen molar-refractivity contribution in [3.05, 3.63) is 0 Å². The highest BCUT2D eigenvalue weighted by atomic mass is 16.4. The van der Waals surface area contributed by atoms with Crippen LogP contribution in [-0.4, -0.2) is 49.1 Å². The summed E-state index contributed by atoms with van der Waals surface area (Å²) >= 11 is 0. The first-order valence-electron chi connectivity index (χ1n) is 6.86. The Bertz CT molecular complexity index is 340. The third-order valence-corrected chi connectivity index (χ3v) is 3.64. The van der Waals surface area contributed by atoms with Crippen LogP contribution in [0.4, 0.5) is 0 Å². The van der Waals surface area contributed by atoms with E-state index in [0.717, 1.165) is 6.54 Å². The van der Waals surface area contributed by atoms with E-state index in [1.54, 1.807) is 0 Å². The molecule has 0 aromatic carbocycles. The van der Waals surface area contributed by atoms with Crippen molar-refractivity contribution < 1.29 is 14.7 Å². The minimum atomic E-state index is -0.775. The molecule has 0 spiro atoms. The summed E-state index contributed by atoms with van der Waals surface area (Å²) in [6.45, 7) is 5.75. The number of aliphatic carboxylic acids is 1. The van der Waals surface area contributed by atoms with Crippen molar-refractivity contribution in [3.63, 3.8) is 0 Å². The quantitative estimate of drug-likeness (QED) is 0.760. The summed E-state index contributed by atoms with van der Waals surface area (Å²) in [5, 5.41) is 11.9. The van der Waals surface area contributed by atoms with Crippen LogP contribution in [0.3, 0.4) is 0 Å². The second-order valence-electron chi connectivity index (χ2n) is 6.66. The van der Waals surface area contributed by atoms with Crippen LogP contribution < -0.4 is 5.32 Å². The summed E-state index contributed by atoms with van der Waals surface area (Å²) in [5.41, 5.74) is 0.0178. The molecule has 1 saturated carbocycles. The molecule has 0 bridgehead atoms. The van der Waals surface area contributed by atoms with Crippen molar-refractivity contribution in [1.29, 1.82) is 0 Å². The Hall–Kier alpha value is -1.10. The third kappa shape index (κ3) is 5.19. The van der Waals surface area contributed by atoms with E-state index in [2.05, 4.69) is 24.1 Å². The number of amides is 1. The molecule has 1 aliphatic rings. The number of carbonyl (C=O) groups is 2. The molecule has 0 heterocycles. The number of carboxylic acids is 1. The van der Waals surface area contributed by atoms with Gasteiger partial charge in [-0.2, -0.15) is 0 Å². The molecule has 110 valence electrons. The second kappa shape index (κ2) is 6.37. The average molecular weight is 270 g/mol. The Morgan fingerprint density at radius 2 is 1.84 bits per heavy atom. The summed E-state index contributed by atoms with van der Waals surface area (Å²) in [4.78, 5) is 25.0. The van der Waals surface area contributed by atoms with Gasteiger partial charge in [-0.05, 0) is 38.8 Å². The molecule has 0 aliphatic heterocycles. The van der Waals surface area contributed by atoms with E-state index in [0.29, 0.717) is 25.8 Å². The lowest BCUT2D eigenvalue weighted by molar-refractivity contribution is -0.141. The lowest BCUT2D eigenvalue weighted by Gasteiger charge is -2.29. The SMILES string of the molecule is CN(C)CC(C)(C)CNC(=O)[C@@H]1CC[C@H](C(=O)O)C1. The van der Waals surface area contributed by atoms with E-state index >= 15 is 0 Å². The van der Waals surface area contributed by atoms with Crippen molar-refractivity contribution in [2.45, 2.75) is 33.1 Å². The first-order valence-corrected chi connectivity index (χ1v) is 6.86. The predicted octanol–water partition coefficient (Wildman–Crippen LogP) is 1.19. The average Bonchev–Trinajstić information content (AvgIpc) is 2.73. The standard InChI is InChI=1S/C14H26N2O3/c1-14(2,9-16(3)4)8-15-12(17)10-5-6-11(7-10)13(18)19/h10-11H,5-9H2,1-4H3,(H,15,17)(H,18,19)/t10-,11+/m1/s1. The van der Waals surface area contributed by atoms with Crippen LogP contribution in [0, 0.1) is 17.3 Å². The number of nitrogens with one attached hydrogen (secondary N) is 1. The smallest absolute Gasteiger partial charge is 0.306 e. The van der Waals surface area contributed by atoms with Gasteiger partial charge in [0.05, 0.1) is 5.92 Å². The van der Waals surface area contributed by atoms with Crippen molar-refractivity contribution >= 4 is 11.9 Å². The van der Waals surface area contributed by atoms with Crippen LogP contribution in [0.5, 0.6) is 0 Å². The second-order valence-corrected chi connectivity index (χ2v) is 6.66. The monoisotopic (exact) mass is 270 g/mol. The largest absolute Gasteiger partial charge is 0.481 e. The summed E-state index contributed by atoms with van der Waals surface area (Å²) in [5.74, 6) is -1.24. The van der Waals surface area contributed by atoms with Crippen LogP contribution >= 0.6 is 0 Å². The minimum Gasteiger partial charge on any atom is -0.481 e. The summed E-state index contributed by atoms with van der Waals surface area (Å²) in [7, 11) is 4.02. The molecular formula is C14H26N2O3. The van der Waals surface area contributed by atoms with E-state index in [1.165, 1.54) is 0 Å². The van der Waals surface area contributed by atoms with Gasteiger partial charge in [-0.1, -0.05) is 13.8 Å². The number of hydrogen-bond acceptors (Lipinski definition) is 3. The molecule has 1 rings (SSSR count). The molecule has 19 heavy (non-hydrogen) atoms. The maximum atomic E-state index is 12.0. The molecule has 0 aromatic rings. The van der Waals surface area contributed by atoms with Crippen molar-refractivity contribution in [3.8, 4) is 0 Å². The number of carboxylic acid groups (broad SMARTS) is 1. The van der Waals surface area contributed by atoms with Crippen LogP contribution in [0.15, 0.2) is 0 Å². The molecule has 0 unspecified atom stereocenters. The molecule has 0 radical (unpaired) electrons. The van der Waals surface area contributed by atoms with Crippen molar-refractivity contribution in [1.82, 2.24) is 10.2 Å². The predicted molar refractivity (Wildman–Crippen MR) is 73.8 cm³/mol. The summed E-state index contributed by atoms with van der Waals surface area (Å²) in [6.07, 6.45) is 1.79. The van der Waals surface area contributed by atoms with Gasteiger partial charge in [0, 0.05) is 19.0 Å². The zero-order valence-electron chi connectivity index (χ0n) is 12.4. The van der Waals surface area contributed by atoms with Gasteiger partial charge in [0.2, 0.25) is 5.91 Å². The van der Waals surface area contributed by atoms with Gasteiger partial charge in [-0.15, -0.1) is 0 Å². The van der Waals surface area contributed by atoms with E-state index < -0.39 is 5.97 Å². The van der Waals surface area contributed by atoms with Crippen LogP contribution in [0.2, 0.25) is 0 Å². The van der Waals surface area contributed by atoms with Crippen molar-refractivity contribution in [2.75, 3.05) is 27.2 Å². The molecular weight excluding hydrogens is 244 g/mol. The van der Waals surface area contributed by atoms with E-state index in [4.69, 9.17) is 5.11 Å². The Kier molecular flexibility index (Phi) is 5.35. The van der Waals surface area contributed by atoms with E-state index in [1.807, 2.05) is 14.1 Å². The fourth-order valence-corrected chi connectivity index (χ4v) is 2.83. The number of hydrogen-bond donors (Lipinski definition) is 2. The van der Waals surface area contributed by atoms with E-state index in [-0.39, 0.29) is 23.2 Å². The third-order valence-electron chi connectivity index (χ3n) is 3.64. The van der Waals surface area contributed by atoms with E-state index in [9.17, 15) is 9.59 Å². The van der Waals surface area contributed by atoms with Gasteiger partial charge < -0.3 is 15.3 Å². The molecule has 0 aromatic heterocycles. The fraction of sp³-hybridized carbons (Fsp3) is 0.857. The Morgan fingerprint density at radius 1 is 1.26 bits per heavy atom. The molecule has 1 amide bonds. The molecule has 5 nitrogen and oxygen atoms in total. The maximum Gasteiger partial charge on any atom is 0.306 e. The van der Waals surface area contributed by atoms with Gasteiger partial charge in [0.15, 0.2) is 0 Å². The molecule has 0 saturated heterocycles. The number of carbonyl (C=O) groups excluding carboxylic acids is 1. The summed E-state index contributed by atoms with van der Waals surface area (Å²) < 4.78 is 0. The highest BCUT2D eigenvalue weighted by Crippen LogP contribution is 2.31. The van der Waals surface area contributed by atoms with Gasteiger partial charge >= 0.3 is 5.97 Å². The summed E-state index contributed by atoms with van der Waals surface area (Å²) in [6, 6.07) is 0. The van der Waals surface area contributed by atoms with Gasteiger partial charge in [-0.25, -0.2) is 0 Å². The van der Waals surface area contributed by atoms with Crippen LogP contribution in [-0.2, 0) is 9.59 Å². The van der Waals surface area contributed by atoms with Crippen LogP contribution in [0.25, 0.3) is 0 Å². The highest BCUT2D eigenvalue weighted by Gasteiger charge is 2.34. The maximum absolute atomic E-state index is 12.0.